The first-order valence-electron chi connectivity index (χ1n) is 11.9. The number of amides is 2. The van der Waals surface area contributed by atoms with Crippen LogP contribution < -0.4 is 10.3 Å². The van der Waals surface area contributed by atoms with Crippen LogP contribution in [0.1, 0.15) is 47.5 Å². The van der Waals surface area contributed by atoms with E-state index in [-0.39, 0.29) is 29.6 Å². The Kier molecular flexibility index (Phi) is 5.95. The summed E-state index contributed by atoms with van der Waals surface area (Å²) >= 11 is 1.24. The van der Waals surface area contributed by atoms with E-state index in [1.807, 2.05) is 13.8 Å². The number of imidazole rings is 1. The van der Waals surface area contributed by atoms with E-state index >= 15 is 0 Å². The molecule has 3 aromatic heterocycles. The quantitative estimate of drug-likeness (QED) is 0.221. The highest BCUT2D eigenvalue weighted by Gasteiger charge is 2.60. The molecule has 5 rings (SSSR count). The number of carbonyl (C=O) groups is 4. The molecule has 11 nitrogen and oxygen atoms in total. The predicted octanol–water partition coefficient (Wildman–Crippen LogP) is 0.615. The normalized spacial score (nSPS) is 21.8. The minimum atomic E-state index is -1.21. The number of primary amides is 1. The maximum absolute atomic E-state index is 13.5. The van der Waals surface area contributed by atoms with Gasteiger partial charge in [-0.05, 0) is 13.0 Å². The summed E-state index contributed by atoms with van der Waals surface area (Å²) in [6.45, 7) is 5.22. The topological polar surface area (TPSA) is 159 Å². The molecule has 0 aliphatic carbocycles. The maximum atomic E-state index is 13.5. The monoisotopic (exact) mass is 524 g/mol. The van der Waals surface area contributed by atoms with Gasteiger partial charge in [0.2, 0.25) is 18.2 Å². The van der Waals surface area contributed by atoms with Gasteiger partial charge in [-0.1, -0.05) is 13.8 Å². The number of pyridine rings is 1. The maximum Gasteiger partial charge on any atom is 0.352 e. The second-order valence-electron chi connectivity index (χ2n) is 9.38. The van der Waals surface area contributed by atoms with Crippen molar-refractivity contribution in [3.8, 4) is 0 Å². The third-order valence-corrected chi connectivity index (χ3v) is 8.15. The highest BCUT2D eigenvalue weighted by atomic mass is 32.1. The molecule has 5 heterocycles. The number of nitrogens with zero attached hydrogens (tertiary/aromatic N) is 4. The Labute approximate surface area is 215 Å². The van der Waals surface area contributed by atoms with E-state index in [4.69, 9.17) is 5.73 Å². The van der Waals surface area contributed by atoms with Gasteiger partial charge in [0.15, 0.2) is 12.4 Å². The van der Waals surface area contributed by atoms with Crippen LogP contribution in [0.4, 0.5) is 0 Å². The molecule has 3 aromatic rings. The molecule has 0 spiro atoms. The average molecular weight is 525 g/mol. The minimum absolute atomic E-state index is 0.0725. The standard InChI is InChI=1S/C25H25N5O6S/c1-4-16-27-19(22(33)13-6-5-7-28(8-13)10-15(26)32)24-29(16)9-14(37-24)17-11(2)20-18(12(3)31)23(34)30(20)21(17)25(35)36/h5-9,11-12,18,20,31H,4,10H2,1-3H3,(H2-,26,32,35,36)/p+1/t11-,12+,18+,20+/m0/s1. The second kappa shape index (κ2) is 8.89. The van der Waals surface area contributed by atoms with Gasteiger partial charge < -0.3 is 20.8 Å². The van der Waals surface area contributed by atoms with E-state index in [9.17, 15) is 29.4 Å². The summed E-state index contributed by atoms with van der Waals surface area (Å²) in [6.07, 6.45) is 4.57. The van der Waals surface area contributed by atoms with Gasteiger partial charge in [0.25, 0.3) is 5.91 Å². The van der Waals surface area contributed by atoms with Crippen LogP contribution in [0, 0.1) is 11.8 Å². The lowest BCUT2D eigenvalue weighted by Gasteiger charge is -2.46. The molecule has 4 N–H and O–H groups in total. The number of ketones is 1. The van der Waals surface area contributed by atoms with Crippen LogP contribution >= 0.6 is 11.3 Å². The molecule has 4 atom stereocenters. The van der Waals surface area contributed by atoms with Crippen LogP contribution in [0.25, 0.3) is 10.4 Å². The number of thiazole rings is 1. The number of aliphatic carboxylic acids is 1. The van der Waals surface area contributed by atoms with E-state index in [1.54, 1.807) is 28.9 Å². The summed E-state index contributed by atoms with van der Waals surface area (Å²) in [5.41, 5.74) is 6.24. The first-order valence-corrected chi connectivity index (χ1v) is 12.7. The molecule has 192 valence electrons. The van der Waals surface area contributed by atoms with Gasteiger partial charge in [0, 0.05) is 30.2 Å². The van der Waals surface area contributed by atoms with Crippen LogP contribution in [0.15, 0.2) is 36.4 Å². The fourth-order valence-corrected chi connectivity index (χ4v) is 6.68. The number of aryl methyl sites for hydroxylation is 1. The van der Waals surface area contributed by atoms with Crippen LogP contribution in [0.5, 0.6) is 0 Å². The lowest BCUT2D eigenvalue weighted by molar-refractivity contribution is -0.684. The summed E-state index contributed by atoms with van der Waals surface area (Å²) < 4.78 is 3.31. The first kappa shape index (κ1) is 24.8. The van der Waals surface area contributed by atoms with Crippen molar-refractivity contribution in [1.29, 1.82) is 0 Å². The number of rotatable bonds is 8. The Morgan fingerprint density at radius 1 is 1.32 bits per heavy atom. The Morgan fingerprint density at radius 2 is 2.05 bits per heavy atom. The van der Waals surface area contributed by atoms with Crippen LogP contribution in [0.3, 0.4) is 0 Å². The van der Waals surface area contributed by atoms with Crippen LogP contribution in [-0.2, 0) is 27.3 Å². The largest absolute Gasteiger partial charge is 0.477 e. The van der Waals surface area contributed by atoms with E-state index < -0.39 is 35.8 Å². The number of carboxylic acids is 1. The van der Waals surface area contributed by atoms with Crippen LogP contribution in [0.2, 0.25) is 0 Å². The number of fused-ring (bicyclic) bond motifs is 2. The van der Waals surface area contributed by atoms with Crippen molar-refractivity contribution >= 4 is 45.3 Å². The first-order chi connectivity index (χ1) is 17.5. The fraction of sp³-hybridized carbons (Fsp3) is 0.360. The van der Waals surface area contributed by atoms with Crippen molar-refractivity contribution in [3.63, 3.8) is 0 Å². The second-order valence-corrected chi connectivity index (χ2v) is 10.4. The van der Waals surface area contributed by atoms with E-state index in [0.717, 1.165) is 0 Å². The van der Waals surface area contributed by atoms with Gasteiger partial charge >= 0.3 is 5.97 Å². The number of carboxylic acid groups (broad SMARTS) is 1. The number of aromatic nitrogens is 3. The molecular formula is C25H26N5O6S+. The van der Waals surface area contributed by atoms with Crippen molar-refractivity contribution in [2.75, 3.05) is 0 Å². The molecule has 2 aliphatic rings. The lowest BCUT2D eigenvalue weighted by Crippen LogP contribution is -2.63. The number of β-lactam (4-membered cyclic amide) rings is 1. The summed E-state index contributed by atoms with van der Waals surface area (Å²) in [6, 6.07) is 2.83. The molecule has 0 unspecified atom stereocenters. The lowest BCUT2D eigenvalue weighted by atomic mass is 9.77. The predicted molar refractivity (Wildman–Crippen MR) is 131 cm³/mol. The van der Waals surface area contributed by atoms with Crippen molar-refractivity contribution < 1.29 is 34.0 Å². The minimum Gasteiger partial charge on any atom is -0.477 e. The molecule has 0 aromatic carbocycles. The van der Waals surface area contributed by atoms with Gasteiger partial charge in [-0.15, -0.1) is 11.3 Å². The molecule has 0 bridgehead atoms. The van der Waals surface area contributed by atoms with Gasteiger partial charge in [0.05, 0.1) is 28.5 Å². The highest BCUT2D eigenvalue weighted by Crippen LogP contribution is 2.51. The SMILES string of the molecule is CCc1nc(C(=O)c2ccc[n+](CC(N)=O)c2)c2sc(C3=C(C(=O)O)N4C(=O)[C@H]([C@@H](C)O)[C@H]4[C@H]3C)cn12. The van der Waals surface area contributed by atoms with Crippen molar-refractivity contribution in [3.05, 3.63) is 58.4 Å². The number of aliphatic hydroxyl groups excluding tert-OH is 1. The number of carbonyl (C=O) groups excluding carboxylic acids is 3. The van der Waals surface area contributed by atoms with Gasteiger partial charge in [-0.2, -0.15) is 4.57 Å². The van der Waals surface area contributed by atoms with Crippen molar-refractivity contribution in [1.82, 2.24) is 14.3 Å². The Morgan fingerprint density at radius 3 is 2.68 bits per heavy atom. The van der Waals surface area contributed by atoms with E-state index in [1.165, 1.54) is 33.9 Å². The molecule has 1 saturated heterocycles. The third-order valence-electron chi connectivity index (χ3n) is 7.02. The van der Waals surface area contributed by atoms with Gasteiger partial charge in [-0.25, -0.2) is 9.78 Å². The zero-order valence-corrected chi connectivity index (χ0v) is 21.2. The zero-order valence-electron chi connectivity index (χ0n) is 20.4. The number of hydrogen-bond acceptors (Lipinski definition) is 7. The summed E-state index contributed by atoms with van der Waals surface area (Å²) in [4.78, 5) is 56.8. The molecule has 37 heavy (non-hydrogen) atoms. The molecule has 0 radical (unpaired) electrons. The van der Waals surface area contributed by atoms with E-state index in [2.05, 4.69) is 4.98 Å². The zero-order chi connectivity index (χ0) is 26.8. The molecule has 2 amide bonds. The number of hydrogen-bond donors (Lipinski definition) is 3. The molecule has 1 fully saturated rings. The smallest absolute Gasteiger partial charge is 0.352 e. The third kappa shape index (κ3) is 3.75. The number of aliphatic hydroxyl groups is 1. The molecule has 12 heteroatoms. The van der Waals surface area contributed by atoms with Gasteiger partial charge in [0.1, 0.15) is 22.0 Å². The average Bonchev–Trinajstić information content (AvgIpc) is 3.46. The molecule has 2 aliphatic heterocycles. The van der Waals surface area contributed by atoms with Crippen LogP contribution in [-0.4, -0.2) is 60.2 Å². The summed E-state index contributed by atoms with van der Waals surface area (Å²) in [5.74, 6) is -2.86. The Balaban J connectivity index is 1.61. The summed E-state index contributed by atoms with van der Waals surface area (Å²) in [5, 5.41) is 20.1. The molecular weight excluding hydrogens is 498 g/mol. The Bertz CT molecular complexity index is 1520. The van der Waals surface area contributed by atoms with Crippen molar-refractivity contribution in [2.24, 2.45) is 17.6 Å². The summed E-state index contributed by atoms with van der Waals surface area (Å²) in [7, 11) is 0. The van der Waals surface area contributed by atoms with E-state index in [0.29, 0.717) is 33.1 Å². The fourth-order valence-electron chi connectivity index (χ4n) is 5.43. The molecule has 0 saturated carbocycles. The highest BCUT2D eigenvalue weighted by molar-refractivity contribution is 7.18. The van der Waals surface area contributed by atoms with Gasteiger partial charge in [-0.3, -0.25) is 18.8 Å². The Hall–Kier alpha value is -3.90. The number of nitrogens with two attached hydrogens (primary N) is 1. The van der Waals surface area contributed by atoms with Crippen molar-refractivity contribution in [2.45, 2.75) is 45.9 Å².